The lowest BCUT2D eigenvalue weighted by atomic mass is 9.91. The van der Waals surface area contributed by atoms with E-state index in [1.54, 1.807) is 17.0 Å². The maximum Gasteiger partial charge on any atom is 0.270 e. The Kier molecular flexibility index (Phi) is 3.81. The molecule has 0 saturated carbocycles. The lowest BCUT2D eigenvalue weighted by Gasteiger charge is -2.33. The first-order valence-electron chi connectivity index (χ1n) is 6.32. The minimum absolute atomic E-state index is 0.101. The number of rotatable bonds is 2. The van der Waals surface area contributed by atoms with Gasteiger partial charge in [-0.25, -0.2) is 0 Å². The van der Waals surface area contributed by atoms with Gasteiger partial charge in [-0.15, -0.1) is 0 Å². The fraction of sp³-hybridized carbons (Fsp3) is 0.538. The van der Waals surface area contributed by atoms with E-state index in [4.69, 9.17) is 5.73 Å². The number of pyridine rings is 1. The van der Waals surface area contributed by atoms with Gasteiger partial charge < -0.3 is 15.6 Å². The number of aromatic nitrogens is 1. The summed E-state index contributed by atoms with van der Waals surface area (Å²) in [6.07, 6.45) is 1.86. The molecule has 1 amide bonds. The molecule has 0 radical (unpaired) electrons. The molecule has 1 aromatic rings. The Balaban J connectivity index is 2.02. The third-order valence-electron chi connectivity index (χ3n) is 3.57. The first-order valence-corrected chi connectivity index (χ1v) is 6.32. The largest absolute Gasteiger partial charge is 0.337 e. The number of nitrogens with two attached hydrogens (primary N) is 1. The predicted octanol–water partition coefficient (Wildman–Crippen LogP) is 0.574. The number of likely N-dealkylation sites (tertiary alicyclic amines) is 1. The number of carbonyl (C=O) groups is 1. The van der Waals surface area contributed by atoms with Crippen molar-refractivity contribution in [3.8, 4) is 0 Å². The summed E-state index contributed by atoms with van der Waals surface area (Å²) in [5, 5.41) is 0. The number of amides is 1. The van der Waals surface area contributed by atoms with Crippen molar-refractivity contribution < 1.29 is 4.79 Å². The zero-order valence-electron chi connectivity index (χ0n) is 10.6. The molecule has 5 heteroatoms. The summed E-state index contributed by atoms with van der Waals surface area (Å²) in [5.41, 5.74) is 5.99. The van der Waals surface area contributed by atoms with Gasteiger partial charge in [-0.2, -0.15) is 0 Å². The molecule has 2 heterocycles. The van der Waals surface area contributed by atoms with Gasteiger partial charge >= 0.3 is 0 Å². The minimum atomic E-state index is -0.244. The summed E-state index contributed by atoms with van der Waals surface area (Å²) >= 11 is 0. The molecular formula is C13H19N3O2. The number of aromatic amines is 1. The van der Waals surface area contributed by atoms with Crippen LogP contribution in [0, 0.1) is 5.92 Å². The zero-order valence-corrected chi connectivity index (χ0v) is 10.6. The highest BCUT2D eigenvalue weighted by molar-refractivity contribution is 5.92. The van der Waals surface area contributed by atoms with Gasteiger partial charge in [0.1, 0.15) is 5.69 Å². The second kappa shape index (κ2) is 5.35. The highest BCUT2D eigenvalue weighted by Gasteiger charge is 2.25. The zero-order chi connectivity index (χ0) is 13.1. The average molecular weight is 249 g/mol. The van der Waals surface area contributed by atoms with E-state index >= 15 is 0 Å². The van der Waals surface area contributed by atoms with Crippen LogP contribution in [0.3, 0.4) is 0 Å². The maximum atomic E-state index is 12.2. The molecule has 1 atom stereocenters. The Labute approximate surface area is 106 Å². The van der Waals surface area contributed by atoms with Crippen LogP contribution in [0.15, 0.2) is 23.0 Å². The lowest BCUT2D eigenvalue weighted by molar-refractivity contribution is 0.0675. The van der Waals surface area contributed by atoms with E-state index in [2.05, 4.69) is 4.98 Å². The molecule has 0 bridgehead atoms. The second-order valence-corrected chi connectivity index (χ2v) is 4.92. The molecule has 3 N–H and O–H groups in total. The Morgan fingerprint density at radius 2 is 2.11 bits per heavy atom. The fourth-order valence-electron chi connectivity index (χ4n) is 2.37. The van der Waals surface area contributed by atoms with Gasteiger partial charge in [0.05, 0.1) is 0 Å². The standard InChI is InChI=1S/C13H19N3O2/c1-9(14)10-5-7-16(8-6-10)13(18)11-3-2-4-12(17)15-11/h2-4,9-10H,5-8,14H2,1H3,(H,15,17). The molecule has 1 aliphatic rings. The summed E-state index contributed by atoms with van der Waals surface area (Å²) in [6, 6.07) is 4.82. The number of nitrogens with zero attached hydrogens (tertiary/aromatic N) is 1. The monoisotopic (exact) mass is 249 g/mol. The van der Waals surface area contributed by atoms with Crippen LogP contribution in [-0.4, -0.2) is 34.9 Å². The first kappa shape index (κ1) is 12.8. The molecule has 2 rings (SSSR count). The molecule has 1 saturated heterocycles. The molecule has 0 aromatic carbocycles. The van der Waals surface area contributed by atoms with Crippen molar-refractivity contribution in [2.24, 2.45) is 11.7 Å². The van der Waals surface area contributed by atoms with Crippen LogP contribution in [0.5, 0.6) is 0 Å². The van der Waals surface area contributed by atoms with E-state index in [0.29, 0.717) is 24.7 Å². The quantitative estimate of drug-likeness (QED) is 0.804. The molecule has 18 heavy (non-hydrogen) atoms. The number of H-pyrrole nitrogens is 1. The highest BCUT2D eigenvalue weighted by atomic mass is 16.2. The van der Waals surface area contributed by atoms with Crippen LogP contribution in [0.1, 0.15) is 30.3 Å². The van der Waals surface area contributed by atoms with E-state index in [9.17, 15) is 9.59 Å². The highest BCUT2D eigenvalue weighted by Crippen LogP contribution is 2.20. The third-order valence-corrected chi connectivity index (χ3v) is 3.57. The van der Waals surface area contributed by atoms with Crippen LogP contribution in [0.25, 0.3) is 0 Å². The predicted molar refractivity (Wildman–Crippen MR) is 69.3 cm³/mol. The summed E-state index contributed by atoms with van der Waals surface area (Å²) in [4.78, 5) is 27.7. The number of piperidine rings is 1. The second-order valence-electron chi connectivity index (χ2n) is 4.92. The molecule has 98 valence electrons. The molecular weight excluding hydrogens is 230 g/mol. The van der Waals surface area contributed by atoms with Crippen molar-refractivity contribution in [1.82, 2.24) is 9.88 Å². The van der Waals surface area contributed by atoms with E-state index in [1.165, 1.54) is 6.07 Å². The summed E-state index contributed by atoms with van der Waals surface area (Å²) in [5.74, 6) is 0.389. The summed E-state index contributed by atoms with van der Waals surface area (Å²) < 4.78 is 0. The van der Waals surface area contributed by atoms with E-state index in [-0.39, 0.29) is 17.5 Å². The van der Waals surface area contributed by atoms with Crippen LogP contribution >= 0.6 is 0 Å². The first-order chi connectivity index (χ1) is 8.58. The number of nitrogens with one attached hydrogen (secondary N) is 1. The Hall–Kier alpha value is -1.62. The SMILES string of the molecule is CC(N)C1CCN(C(=O)c2cccc(=O)[nH]2)CC1. The van der Waals surface area contributed by atoms with Gasteiger partial charge in [0.15, 0.2) is 0 Å². The molecule has 1 unspecified atom stereocenters. The molecule has 0 spiro atoms. The van der Waals surface area contributed by atoms with E-state index < -0.39 is 0 Å². The third kappa shape index (κ3) is 2.79. The summed E-state index contributed by atoms with van der Waals surface area (Å²) in [6.45, 7) is 3.43. The van der Waals surface area contributed by atoms with Crippen molar-refractivity contribution in [3.63, 3.8) is 0 Å². The van der Waals surface area contributed by atoms with Crippen LogP contribution < -0.4 is 11.3 Å². The van der Waals surface area contributed by atoms with Gasteiger partial charge in [-0.05, 0) is 31.7 Å². The fourth-order valence-corrected chi connectivity index (χ4v) is 2.37. The van der Waals surface area contributed by atoms with Gasteiger partial charge in [0, 0.05) is 25.2 Å². The van der Waals surface area contributed by atoms with Crippen molar-refractivity contribution in [1.29, 1.82) is 0 Å². The van der Waals surface area contributed by atoms with E-state index in [1.807, 2.05) is 6.92 Å². The van der Waals surface area contributed by atoms with Crippen LogP contribution in [0.4, 0.5) is 0 Å². The van der Waals surface area contributed by atoms with Gasteiger partial charge in [-0.3, -0.25) is 9.59 Å². The van der Waals surface area contributed by atoms with Crippen molar-refractivity contribution in [3.05, 3.63) is 34.2 Å². The number of hydrogen-bond acceptors (Lipinski definition) is 3. The van der Waals surface area contributed by atoms with Crippen LogP contribution in [-0.2, 0) is 0 Å². The van der Waals surface area contributed by atoms with Gasteiger partial charge in [0.2, 0.25) is 5.56 Å². The Bertz CT molecular complexity index is 473. The average Bonchev–Trinajstić information content (AvgIpc) is 2.38. The molecule has 1 aliphatic heterocycles. The lowest BCUT2D eigenvalue weighted by Crippen LogP contribution is -2.43. The topological polar surface area (TPSA) is 79.2 Å². The van der Waals surface area contributed by atoms with E-state index in [0.717, 1.165) is 12.8 Å². The molecule has 1 fully saturated rings. The number of hydrogen-bond donors (Lipinski definition) is 2. The molecule has 5 nitrogen and oxygen atoms in total. The Morgan fingerprint density at radius 3 is 2.67 bits per heavy atom. The normalized spacial score (nSPS) is 18.7. The van der Waals surface area contributed by atoms with Crippen molar-refractivity contribution in [2.45, 2.75) is 25.8 Å². The molecule has 1 aromatic heterocycles. The van der Waals surface area contributed by atoms with Gasteiger partial charge in [0.25, 0.3) is 5.91 Å². The number of carbonyl (C=O) groups excluding carboxylic acids is 1. The van der Waals surface area contributed by atoms with Crippen molar-refractivity contribution >= 4 is 5.91 Å². The smallest absolute Gasteiger partial charge is 0.270 e. The minimum Gasteiger partial charge on any atom is -0.337 e. The van der Waals surface area contributed by atoms with Crippen molar-refractivity contribution in [2.75, 3.05) is 13.1 Å². The van der Waals surface area contributed by atoms with Crippen LogP contribution in [0.2, 0.25) is 0 Å². The van der Waals surface area contributed by atoms with Gasteiger partial charge in [-0.1, -0.05) is 6.07 Å². The maximum absolute atomic E-state index is 12.2. The molecule has 0 aliphatic carbocycles. The Morgan fingerprint density at radius 1 is 1.44 bits per heavy atom. The summed E-state index contributed by atoms with van der Waals surface area (Å²) in [7, 11) is 0.